The molecule has 0 aliphatic heterocycles. The topological polar surface area (TPSA) is 41.5 Å². The smallest absolute Gasteiger partial charge is 0.0897 e. The Morgan fingerprint density at radius 3 is 2.68 bits per heavy atom. The van der Waals surface area contributed by atoms with Crippen molar-refractivity contribution in [1.29, 1.82) is 0 Å². The first-order chi connectivity index (χ1) is 9.22. The molecule has 1 atom stereocenters. The van der Waals surface area contributed by atoms with E-state index in [1.807, 2.05) is 11.8 Å². The SMILES string of the molecule is CSCCCCNCC(O)COC1CCC(C)CC1. The van der Waals surface area contributed by atoms with Crippen LogP contribution in [0, 0.1) is 5.92 Å². The molecule has 0 spiro atoms. The molecule has 4 heteroatoms. The van der Waals surface area contributed by atoms with Gasteiger partial charge in [0.25, 0.3) is 0 Å². The fraction of sp³-hybridized carbons (Fsp3) is 1.00. The number of hydrogen-bond donors (Lipinski definition) is 2. The summed E-state index contributed by atoms with van der Waals surface area (Å²) >= 11 is 1.89. The molecule has 1 rings (SSSR count). The summed E-state index contributed by atoms with van der Waals surface area (Å²) in [6.07, 6.45) is 9.47. The van der Waals surface area contributed by atoms with Crippen molar-refractivity contribution in [2.24, 2.45) is 5.92 Å². The maximum Gasteiger partial charge on any atom is 0.0897 e. The van der Waals surface area contributed by atoms with Gasteiger partial charge in [-0.3, -0.25) is 0 Å². The van der Waals surface area contributed by atoms with Crippen LogP contribution in [0.1, 0.15) is 45.4 Å². The molecule has 0 aromatic rings. The molecule has 0 heterocycles. The van der Waals surface area contributed by atoms with Gasteiger partial charge in [0, 0.05) is 6.54 Å². The molecule has 0 radical (unpaired) electrons. The first kappa shape index (κ1) is 17.3. The summed E-state index contributed by atoms with van der Waals surface area (Å²) in [4.78, 5) is 0. The van der Waals surface area contributed by atoms with Crippen LogP contribution in [0.4, 0.5) is 0 Å². The second-order valence-corrected chi connectivity index (χ2v) is 6.76. The largest absolute Gasteiger partial charge is 0.389 e. The number of aliphatic hydroxyl groups is 1. The molecule has 2 N–H and O–H groups in total. The van der Waals surface area contributed by atoms with Gasteiger partial charge < -0.3 is 15.2 Å². The highest BCUT2D eigenvalue weighted by Crippen LogP contribution is 2.25. The van der Waals surface area contributed by atoms with E-state index in [1.165, 1.54) is 31.4 Å². The average molecular weight is 289 g/mol. The van der Waals surface area contributed by atoms with Crippen molar-refractivity contribution in [3.8, 4) is 0 Å². The van der Waals surface area contributed by atoms with Gasteiger partial charge in [-0.05, 0) is 63.0 Å². The van der Waals surface area contributed by atoms with E-state index < -0.39 is 0 Å². The summed E-state index contributed by atoms with van der Waals surface area (Å²) in [5.74, 6) is 2.08. The van der Waals surface area contributed by atoms with Crippen molar-refractivity contribution in [1.82, 2.24) is 5.32 Å². The van der Waals surface area contributed by atoms with Crippen molar-refractivity contribution >= 4 is 11.8 Å². The highest BCUT2D eigenvalue weighted by Gasteiger charge is 2.19. The summed E-state index contributed by atoms with van der Waals surface area (Å²) in [7, 11) is 0. The van der Waals surface area contributed by atoms with Gasteiger partial charge in [-0.15, -0.1) is 0 Å². The van der Waals surface area contributed by atoms with Gasteiger partial charge >= 0.3 is 0 Å². The Labute approximate surface area is 122 Å². The zero-order valence-corrected chi connectivity index (χ0v) is 13.4. The van der Waals surface area contributed by atoms with Crippen LogP contribution in [0.2, 0.25) is 0 Å². The fourth-order valence-electron chi connectivity index (χ4n) is 2.47. The van der Waals surface area contributed by atoms with Crippen molar-refractivity contribution in [2.75, 3.05) is 31.7 Å². The Morgan fingerprint density at radius 2 is 2.00 bits per heavy atom. The van der Waals surface area contributed by atoms with Crippen molar-refractivity contribution in [2.45, 2.75) is 57.7 Å². The third-order valence-electron chi connectivity index (χ3n) is 3.82. The van der Waals surface area contributed by atoms with E-state index in [2.05, 4.69) is 18.5 Å². The first-order valence-electron chi connectivity index (χ1n) is 7.71. The van der Waals surface area contributed by atoms with E-state index >= 15 is 0 Å². The second-order valence-electron chi connectivity index (χ2n) is 5.77. The summed E-state index contributed by atoms with van der Waals surface area (Å²) in [6, 6.07) is 0. The van der Waals surface area contributed by atoms with E-state index in [4.69, 9.17) is 4.74 Å². The molecule has 0 bridgehead atoms. The van der Waals surface area contributed by atoms with Crippen LogP contribution in [-0.4, -0.2) is 49.0 Å². The van der Waals surface area contributed by atoms with Crippen LogP contribution in [0.5, 0.6) is 0 Å². The molecule has 1 aliphatic carbocycles. The number of thioether (sulfide) groups is 1. The van der Waals surface area contributed by atoms with Gasteiger partial charge in [0.1, 0.15) is 0 Å². The molecule has 114 valence electrons. The molecule has 0 amide bonds. The number of unbranched alkanes of at least 4 members (excludes halogenated alkanes) is 1. The number of rotatable bonds is 10. The number of hydrogen-bond acceptors (Lipinski definition) is 4. The molecule has 3 nitrogen and oxygen atoms in total. The minimum atomic E-state index is -0.361. The summed E-state index contributed by atoms with van der Waals surface area (Å²) in [5, 5.41) is 13.1. The second kappa shape index (κ2) is 11.0. The molecule has 0 aromatic heterocycles. The predicted octanol–water partition coefficient (Wildman–Crippen LogP) is 2.68. The Bertz CT molecular complexity index is 208. The van der Waals surface area contributed by atoms with Gasteiger partial charge in [-0.1, -0.05) is 6.92 Å². The monoisotopic (exact) mass is 289 g/mol. The van der Waals surface area contributed by atoms with Crippen molar-refractivity contribution in [3.63, 3.8) is 0 Å². The zero-order valence-electron chi connectivity index (χ0n) is 12.6. The lowest BCUT2D eigenvalue weighted by atomic mass is 9.89. The van der Waals surface area contributed by atoms with E-state index in [1.54, 1.807) is 0 Å². The van der Waals surface area contributed by atoms with E-state index in [0.29, 0.717) is 19.3 Å². The molecule has 1 unspecified atom stereocenters. The minimum absolute atomic E-state index is 0.361. The highest BCUT2D eigenvalue weighted by molar-refractivity contribution is 7.98. The van der Waals surface area contributed by atoms with E-state index in [-0.39, 0.29) is 6.10 Å². The summed E-state index contributed by atoms with van der Waals surface area (Å²) in [6.45, 7) is 4.45. The van der Waals surface area contributed by atoms with Gasteiger partial charge in [0.2, 0.25) is 0 Å². The number of aliphatic hydroxyl groups excluding tert-OH is 1. The zero-order chi connectivity index (χ0) is 13.9. The molecular formula is C15H31NO2S. The van der Waals surface area contributed by atoms with Gasteiger partial charge in [-0.25, -0.2) is 0 Å². The van der Waals surface area contributed by atoms with Gasteiger partial charge in [-0.2, -0.15) is 11.8 Å². The Hall–Kier alpha value is 0.230. The molecule has 0 saturated heterocycles. The number of nitrogens with one attached hydrogen (secondary N) is 1. The third kappa shape index (κ3) is 8.90. The maximum absolute atomic E-state index is 9.84. The summed E-state index contributed by atoms with van der Waals surface area (Å²) < 4.78 is 5.80. The van der Waals surface area contributed by atoms with Crippen LogP contribution in [0.15, 0.2) is 0 Å². The highest BCUT2D eigenvalue weighted by atomic mass is 32.2. The van der Waals surface area contributed by atoms with Gasteiger partial charge in [0.05, 0.1) is 18.8 Å². The van der Waals surface area contributed by atoms with Crippen LogP contribution >= 0.6 is 11.8 Å². The quantitative estimate of drug-likeness (QED) is 0.607. The summed E-state index contributed by atoms with van der Waals surface area (Å²) in [5.41, 5.74) is 0. The first-order valence-corrected chi connectivity index (χ1v) is 9.11. The van der Waals surface area contributed by atoms with Gasteiger partial charge in [0.15, 0.2) is 0 Å². The molecule has 1 fully saturated rings. The van der Waals surface area contributed by atoms with Crippen molar-refractivity contribution in [3.05, 3.63) is 0 Å². The average Bonchev–Trinajstić information content (AvgIpc) is 2.42. The normalized spacial score (nSPS) is 25.4. The molecule has 1 saturated carbocycles. The lowest BCUT2D eigenvalue weighted by molar-refractivity contribution is -0.0277. The van der Waals surface area contributed by atoms with E-state index in [9.17, 15) is 5.11 Å². The Balaban J connectivity index is 1.91. The minimum Gasteiger partial charge on any atom is -0.389 e. The number of ether oxygens (including phenoxy) is 1. The molecule has 19 heavy (non-hydrogen) atoms. The predicted molar refractivity (Wildman–Crippen MR) is 83.9 cm³/mol. The lowest BCUT2D eigenvalue weighted by Crippen LogP contribution is -2.33. The van der Waals surface area contributed by atoms with Crippen LogP contribution in [0.25, 0.3) is 0 Å². The Morgan fingerprint density at radius 1 is 1.26 bits per heavy atom. The van der Waals surface area contributed by atoms with Crippen LogP contribution in [0.3, 0.4) is 0 Å². The third-order valence-corrected chi connectivity index (χ3v) is 4.52. The van der Waals surface area contributed by atoms with Crippen LogP contribution in [-0.2, 0) is 4.74 Å². The van der Waals surface area contributed by atoms with Crippen molar-refractivity contribution < 1.29 is 9.84 Å². The molecule has 0 aromatic carbocycles. The standard InChI is InChI=1S/C15H31NO2S/c1-13-5-7-15(8-6-13)18-12-14(17)11-16-9-3-4-10-19-2/h13-17H,3-12H2,1-2H3. The molecule has 1 aliphatic rings. The lowest BCUT2D eigenvalue weighted by Gasteiger charge is -2.27. The molecular weight excluding hydrogens is 258 g/mol. The maximum atomic E-state index is 9.84. The fourth-order valence-corrected chi connectivity index (χ4v) is 2.96. The van der Waals surface area contributed by atoms with E-state index in [0.717, 1.165) is 25.3 Å². The Kier molecular flexibility index (Phi) is 9.96. The van der Waals surface area contributed by atoms with Crippen LogP contribution < -0.4 is 5.32 Å².